The minimum atomic E-state index is 0.299. The molecule has 1 nitrogen and oxygen atoms in total. The van der Waals surface area contributed by atoms with Crippen LogP contribution in [-0.2, 0) is 4.74 Å². The van der Waals surface area contributed by atoms with E-state index in [1.807, 2.05) is 0 Å². The number of ether oxygens (including phenoxy) is 1. The zero-order valence-electron chi connectivity index (χ0n) is 12.0. The summed E-state index contributed by atoms with van der Waals surface area (Å²) in [6, 6.07) is 0. The van der Waals surface area contributed by atoms with Gasteiger partial charge in [0.05, 0.1) is 12.7 Å². The molecule has 0 aromatic heterocycles. The van der Waals surface area contributed by atoms with E-state index in [1.54, 1.807) is 0 Å². The molecule has 2 heteroatoms. The van der Waals surface area contributed by atoms with Gasteiger partial charge in [-0.2, -0.15) is 12.6 Å². The second-order valence-corrected chi connectivity index (χ2v) is 6.53. The van der Waals surface area contributed by atoms with E-state index in [-0.39, 0.29) is 0 Å². The summed E-state index contributed by atoms with van der Waals surface area (Å²) in [5, 5.41) is 0. The molecule has 0 heterocycles. The lowest BCUT2D eigenvalue weighted by molar-refractivity contribution is -0.0393. The third kappa shape index (κ3) is 4.48. The fourth-order valence-corrected chi connectivity index (χ4v) is 3.57. The topological polar surface area (TPSA) is 9.23 Å². The molecule has 0 aliphatic heterocycles. The molecule has 0 bridgehead atoms. The van der Waals surface area contributed by atoms with Crippen LogP contribution in [0.4, 0.5) is 0 Å². The van der Waals surface area contributed by atoms with E-state index < -0.39 is 0 Å². The smallest absolute Gasteiger partial charge is 0.0580 e. The Hall–Kier alpha value is 0.310. The Kier molecular flexibility index (Phi) is 6.36. The highest BCUT2D eigenvalue weighted by atomic mass is 32.1. The van der Waals surface area contributed by atoms with Crippen LogP contribution >= 0.6 is 12.6 Å². The molecular formula is C15H30OS. The molecule has 1 fully saturated rings. The third-order valence-corrected chi connectivity index (χ3v) is 5.27. The minimum Gasteiger partial charge on any atom is -0.378 e. The van der Waals surface area contributed by atoms with E-state index in [2.05, 4.69) is 40.3 Å². The van der Waals surface area contributed by atoms with Crippen LogP contribution < -0.4 is 0 Å². The van der Waals surface area contributed by atoms with E-state index in [9.17, 15) is 0 Å². The quantitative estimate of drug-likeness (QED) is 0.687. The highest BCUT2D eigenvalue weighted by molar-refractivity contribution is 7.80. The molecule has 0 amide bonds. The minimum absolute atomic E-state index is 0.299. The highest BCUT2D eigenvalue weighted by Crippen LogP contribution is 2.33. The van der Waals surface area contributed by atoms with Crippen molar-refractivity contribution in [3.8, 4) is 0 Å². The van der Waals surface area contributed by atoms with Gasteiger partial charge in [0, 0.05) is 5.41 Å². The summed E-state index contributed by atoms with van der Waals surface area (Å²) in [6.45, 7) is 10.1. The van der Waals surface area contributed by atoms with Crippen molar-refractivity contribution in [3.05, 3.63) is 0 Å². The zero-order chi connectivity index (χ0) is 12.9. The molecule has 1 aliphatic rings. The Morgan fingerprint density at radius 2 is 1.59 bits per heavy atom. The number of hydrogen-bond acceptors (Lipinski definition) is 2. The molecule has 1 rings (SSSR count). The lowest BCUT2D eigenvalue weighted by Crippen LogP contribution is -2.33. The monoisotopic (exact) mass is 258 g/mol. The molecular weight excluding hydrogens is 228 g/mol. The van der Waals surface area contributed by atoms with Crippen LogP contribution in [0.1, 0.15) is 59.8 Å². The van der Waals surface area contributed by atoms with Crippen molar-refractivity contribution >= 4 is 12.6 Å². The molecule has 0 N–H and O–H groups in total. The fraction of sp³-hybridized carbons (Fsp3) is 1.00. The Bertz CT molecular complexity index is 195. The Morgan fingerprint density at radius 3 is 2.00 bits per heavy atom. The first-order chi connectivity index (χ1) is 8.05. The van der Waals surface area contributed by atoms with Gasteiger partial charge in [0.1, 0.15) is 0 Å². The highest BCUT2D eigenvalue weighted by Gasteiger charge is 2.29. The lowest BCUT2D eigenvalue weighted by atomic mass is 9.81. The van der Waals surface area contributed by atoms with Crippen LogP contribution in [0.5, 0.6) is 0 Å². The number of thiol groups is 1. The third-order valence-electron chi connectivity index (χ3n) is 4.60. The first-order valence-electron chi connectivity index (χ1n) is 7.27. The molecule has 2 unspecified atom stereocenters. The zero-order valence-corrected chi connectivity index (χ0v) is 12.9. The molecule has 0 saturated heterocycles. The average molecular weight is 258 g/mol. The Balaban J connectivity index is 2.43. The van der Waals surface area contributed by atoms with Gasteiger partial charge in [-0.3, -0.25) is 0 Å². The van der Waals surface area contributed by atoms with Crippen molar-refractivity contribution in [2.75, 3.05) is 12.4 Å². The van der Waals surface area contributed by atoms with Gasteiger partial charge in [-0.25, -0.2) is 0 Å². The van der Waals surface area contributed by atoms with Gasteiger partial charge in [0.15, 0.2) is 0 Å². The molecule has 0 radical (unpaired) electrons. The van der Waals surface area contributed by atoms with Crippen molar-refractivity contribution in [1.82, 2.24) is 0 Å². The van der Waals surface area contributed by atoms with Gasteiger partial charge in [0.2, 0.25) is 0 Å². The van der Waals surface area contributed by atoms with Gasteiger partial charge in [-0.1, -0.05) is 27.7 Å². The van der Waals surface area contributed by atoms with E-state index in [4.69, 9.17) is 4.74 Å². The van der Waals surface area contributed by atoms with Crippen LogP contribution in [0.3, 0.4) is 0 Å². The summed E-state index contributed by atoms with van der Waals surface area (Å²) in [7, 11) is 0. The van der Waals surface area contributed by atoms with Gasteiger partial charge in [-0.05, 0) is 49.7 Å². The Labute approximate surface area is 113 Å². The van der Waals surface area contributed by atoms with Gasteiger partial charge in [0.25, 0.3) is 0 Å². The van der Waals surface area contributed by atoms with E-state index in [0.29, 0.717) is 11.5 Å². The number of rotatable bonds is 6. The first-order valence-corrected chi connectivity index (χ1v) is 7.91. The molecule has 1 aliphatic carbocycles. The van der Waals surface area contributed by atoms with Crippen LogP contribution in [0.15, 0.2) is 0 Å². The van der Waals surface area contributed by atoms with Crippen molar-refractivity contribution in [2.24, 2.45) is 17.3 Å². The molecule has 0 aromatic rings. The molecule has 17 heavy (non-hydrogen) atoms. The van der Waals surface area contributed by atoms with Crippen LogP contribution in [-0.4, -0.2) is 18.5 Å². The standard InChI is InChI=1S/C15H30OS/c1-5-15(6-2,11-17)10-16-14-8-12(3)7-13(4)9-14/h12-14,17H,5-11H2,1-4H3. The summed E-state index contributed by atoms with van der Waals surface area (Å²) in [5.41, 5.74) is 0.299. The molecule has 0 aromatic carbocycles. The number of hydrogen-bond donors (Lipinski definition) is 1. The second kappa shape index (κ2) is 7.04. The predicted molar refractivity (Wildman–Crippen MR) is 78.8 cm³/mol. The maximum absolute atomic E-state index is 6.21. The largest absolute Gasteiger partial charge is 0.378 e. The van der Waals surface area contributed by atoms with Crippen LogP contribution in [0, 0.1) is 17.3 Å². The van der Waals surface area contributed by atoms with E-state index in [0.717, 1.165) is 24.2 Å². The fourth-order valence-electron chi connectivity index (χ4n) is 3.03. The second-order valence-electron chi connectivity index (χ2n) is 6.22. The molecule has 1 saturated carbocycles. The van der Waals surface area contributed by atoms with Crippen molar-refractivity contribution in [3.63, 3.8) is 0 Å². The van der Waals surface area contributed by atoms with Gasteiger partial charge < -0.3 is 4.74 Å². The van der Waals surface area contributed by atoms with Crippen molar-refractivity contribution in [1.29, 1.82) is 0 Å². The maximum atomic E-state index is 6.21. The SMILES string of the molecule is CCC(CC)(CS)COC1CC(C)CC(C)C1. The molecule has 2 atom stereocenters. The summed E-state index contributed by atoms with van der Waals surface area (Å²) in [5.74, 6) is 2.60. The average Bonchev–Trinajstić information content (AvgIpc) is 2.30. The van der Waals surface area contributed by atoms with Crippen molar-refractivity contribution < 1.29 is 4.74 Å². The van der Waals surface area contributed by atoms with Crippen LogP contribution in [0.2, 0.25) is 0 Å². The van der Waals surface area contributed by atoms with Gasteiger partial charge >= 0.3 is 0 Å². The maximum Gasteiger partial charge on any atom is 0.0580 e. The van der Waals surface area contributed by atoms with Gasteiger partial charge in [-0.15, -0.1) is 0 Å². The van der Waals surface area contributed by atoms with Crippen molar-refractivity contribution in [2.45, 2.75) is 65.9 Å². The van der Waals surface area contributed by atoms with E-state index >= 15 is 0 Å². The predicted octanol–water partition coefficient (Wildman–Crippen LogP) is 4.56. The Morgan fingerprint density at radius 1 is 1.06 bits per heavy atom. The lowest BCUT2D eigenvalue weighted by Gasteiger charge is -2.36. The van der Waals surface area contributed by atoms with E-state index in [1.165, 1.54) is 32.1 Å². The molecule has 102 valence electrons. The van der Waals surface area contributed by atoms with Crippen LogP contribution in [0.25, 0.3) is 0 Å². The first kappa shape index (κ1) is 15.4. The summed E-state index contributed by atoms with van der Waals surface area (Å²) in [6.07, 6.45) is 6.71. The summed E-state index contributed by atoms with van der Waals surface area (Å²) < 4.78 is 6.21. The normalized spacial score (nSPS) is 30.5. The summed E-state index contributed by atoms with van der Waals surface area (Å²) in [4.78, 5) is 0. The summed E-state index contributed by atoms with van der Waals surface area (Å²) >= 11 is 4.51. The molecule has 0 spiro atoms.